The van der Waals surface area contributed by atoms with E-state index < -0.39 is 0 Å². The van der Waals surface area contributed by atoms with Gasteiger partial charge >= 0.3 is 0 Å². The largest absolute Gasteiger partial charge is 0.327 e. The Kier molecular flexibility index (Phi) is 6.56. The van der Waals surface area contributed by atoms with Crippen molar-refractivity contribution in [1.82, 2.24) is 4.90 Å². The third-order valence-electron chi connectivity index (χ3n) is 3.10. The summed E-state index contributed by atoms with van der Waals surface area (Å²) in [5.41, 5.74) is 7.37. The average molecular weight is 255 g/mol. The first-order chi connectivity index (χ1) is 8.15. The predicted molar refractivity (Wildman–Crippen MR) is 75.5 cm³/mol. The second-order valence-corrected chi connectivity index (χ2v) is 4.85. The molecule has 1 aromatic rings. The quantitative estimate of drug-likeness (QED) is 0.811. The normalized spacial score (nSPS) is 13.0. The van der Waals surface area contributed by atoms with Gasteiger partial charge in [0.05, 0.1) is 0 Å². The molecule has 1 aromatic carbocycles. The van der Waals surface area contributed by atoms with Crippen LogP contribution < -0.4 is 5.73 Å². The molecule has 0 aliphatic heterocycles. The summed E-state index contributed by atoms with van der Waals surface area (Å²) in [7, 11) is 0. The maximum absolute atomic E-state index is 6.14. The lowest BCUT2D eigenvalue weighted by atomic mass is 10.0. The fourth-order valence-electron chi connectivity index (χ4n) is 1.96. The van der Waals surface area contributed by atoms with Crippen molar-refractivity contribution in [3.8, 4) is 0 Å². The zero-order chi connectivity index (χ0) is 12.7. The Balaban J connectivity index is 2.36. The molecule has 96 valence electrons. The zero-order valence-corrected chi connectivity index (χ0v) is 11.6. The molecule has 1 rings (SSSR count). The van der Waals surface area contributed by atoms with E-state index in [4.69, 9.17) is 17.3 Å². The van der Waals surface area contributed by atoms with E-state index in [9.17, 15) is 0 Å². The number of nitrogens with zero attached hydrogens (tertiary/aromatic N) is 1. The van der Waals surface area contributed by atoms with Gasteiger partial charge in [-0.2, -0.15) is 0 Å². The van der Waals surface area contributed by atoms with E-state index in [0.717, 1.165) is 37.5 Å². The van der Waals surface area contributed by atoms with Crippen molar-refractivity contribution >= 4 is 11.6 Å². The minimum atomic E-state index is 0.217. The lowest BCUT2D eigenvalue weighted by molar-refractivity contribution is 0.290. The highest BCUT2D eigenvalue weighted by molar-refractivity contribution is 6.30. The first kappa shape index (κ1) is 14.5. The number of rotatable bonds is 7. The van der Waals surface area contributed by atoms with Gasteiger partial charge in [-0.3, -0.25) is 0 Å². The topological polar surface area (TPSA) is 29.3 Å². The standard InChI is InChI=1S/C14H23ClN2/c1-3-17(4-2)9-8-14(16)11-12-6-5-7-13(15)10-12/h5-7,10,14H,3-4,8-9,11,16H2,1-2H3. The summed E-state index contributed by atoms with van der Waals surface area (Å²) >= 11 is 5.95. The Morgan fingerprint density at radius 3 is 2.59 bits per heavy atom. The molecule has 0 saturated carbocycles. The van der Waals surface area contributed by atoms with Crippen LogP contribution in [0.4, 0.5) is 0 Å². The molecule has 1 unspecified atom stereocenters. The Labute approximate surface area is 110 Å². The van der Waals surface area contributed by atoms with Crippen LogP contribution in [0.5, 0.6) is 0 Å². The molecule has 0 fully saturated rings. The maximum Gasteiger partial charge on any atom is 0.0408 e. The fourth-order valence-corrected chi connectivity index (χ4v) is 2.17. The van der Waals surface area contributed by atoms with Crippen molar-refractivity contribution < 1.29 is 0 Å². The van der Waals surface area contributed by atoms with Crippen molar-refractivity contribution in [1.29, 1.82) is 0 Å². The summed E-state index contributed by atoms with van der Waals surface area (Å²) in [5, 5.41) is 0.790. The number of nitrogens with two attached hydrogens (primary N) is 1. The van der Waals surface area contributed by atoms with E-state index >= 15 is 0 Å². The van der Waals surface area contributed by atoms with Gasteiger partial charge in [-0.15, -0.1) is 0 Å². The van der Waals surface area contributed by atoms with E-state index in [1.807, 2.05) is 18.2 Å². The Hall–Kier alpha value is -0.570. The Morgan fingerprint density at radius 1 is 1.29 bits per heavy atom. The Bertz CT molecular complexity index is 324. The van der Waals surface area contributed by atoms with Gasteiger partial charge in [0.1, 0.15) is 0 Å². The summed E-state index contributed by atoms with van der Waals surface area (Å²) < 4.78 is 0. The van der Waals surface area contributed by atoms with Gasteiger partial charge in [0.2, 0.25) is 0 Å². The van der Waals surface area contributed by atoms with Crippen molar-refractivity contribution in [3.05, 3.63) is 34.9 Å². The van der Waals surface area contributed by atoms with E-state index in [1.54, 1.807) is 0 Å². The molecule has 0 heterocycles. The predicted octanol–water partition coefficient (Wildman–Crippen LogP) is 2.94. The van der Waals surface area contributed by atoms with Gasteiger partial charge in [0.25, 0.3) is 0 Å². The SMILES string of the molecule is CCN(CC)CCC(N)Cc1cccc(Cl)c1. The number of halogens is 1. The molecule has 0 aliphatic rings. The highest BCUT2D eigenvalue weighted by Crippen LogP contribution is 2.12. The van der Waals surface area contributed by atoms with Crippen molar-refractivity contribution in [2.45, 2.75) is 32.7 Å². The average Bonchev–Trinajstić information content (AvgIpc) is 2.30. The number of hydrogen-bond acceptors (Lipinski definition) is 2. The minimum absolute atomic E-state index is 0.217. The Morgan fingerprint density at radius 2 is 2.00 bits per heavy atom. The summed E-state index contributed by atoms with van der Waals surface area (Å²) in [6, 6.07) is 8.18. The highest BCUT2D eigenvalue weighted by atomic mass is 35.5. The van der Waals surface area contributed by atoms with Crippen LogP contribution in [0, 0.1) is 0 Å². The molecule has 0 bridgehead atoms. The molecule has 0 aromatic heterocycles. The molecule has 17 heavy (non-hydrogen) atoms. The molecular formula is C14H23ClN2. The smallest absolute Gasteiger partial charge is 0.0408 e. The van der Waals surface area contributed by atoms with Crippen LogP contribution >= 0.6 is 11.6 Å². The molecular weight excluding hydrogens is 232 g/mol. The molecule has 0 aliphatic carbocycles. The van der Waals surface area contributed by atoms with Gasteiger partial charge in [-0.05, 0) is 50.2 Å². The summed E-state index contributed by atoms with van der Waals surface area (Å²) in [6.07, 6.45) is 1.94. The monoisotopic (exact) mass is 254 g/mol. The van der Waals surface area contributed by atoms with Crippen LogP contribution in [0.15, 0.2) is 24.3 Å². The molecule has 2 N–H and O–H groups in total. The third kappa shape index (κ3) is 5.53. The summed E-state index contributed by atoms with van der Waals surface area (Å²) in [4.78, 5) is 2.40. The van der Waals surface area contributed by atoms with Crippen molar-refractivity contribution in [3.63, 3.8) is 0 Å². The van der Waals surface area contributed by atoms with Crippen LogP contribution in [-0.4, -0.2) is 30.6 Å². The van der Waals surface area contributed by atoms with Crippen molar-refractivity contribution in [2.24, 2.45) is 5.73 Å². The van der Waals surface area contributed by atoms with Gasteiger partial charge in [0, 0.05) is 11.1 Å². The lowest BCUT2D eigenvalue weighted by Gasteiger charge is -2.20. The third-order valence-corrected chi connectivity index (χ3v) is 3.33. The van der Waals surface area contributed by atoms with Crippen LogP contribution in [0.1, 0.15) is 25.8 Å². The minimum Gasteiger partial charge on any atom is -0.327 e. The van der Waals surface area contributed by atoms with E-state index in [2.05, 4.69) is 24.8 Å². The molecule has 3 heteroatoms. The second kappa shape index (κ2) is 7.70. The molecule has 0 saturated heterocycles. The first-order valence-corrected chi connectivity index (χ1v) is 6.75. The second-order valence-electron chi connectivity index (χ2n) is 4.41. The van der Waals surface area contributed by atoms with E-state index in [0.29, 0.717) is 0 Å². The van der Waals surface area contributed by atoms with Gasteiger partial charge < -0.3 is 10.6 Å². The van der Waals surface area contributed by atoms with Gasteiger partial charge in [-0.25, -0.2) is 0 Å². The van der Waals surface area contributed by atoms with E-state index in [-0.39, 0.29) is 6.04 Å². The summed E-state index contributed by atoms with van der Waals surface area (Å²) in [6.45, 7) is 7.65. The number of benzene rings is 1. The first-order valence-electron chi connectivity index (χ1n) is 6.38. The van der Waals surface area contributed by atoms with E-state index in [1.165, 1.54) is 5.56 Å². The molecule has 0 spiro atoms. The van der Waals surface area contributed by atoms with Gasteiger partial charge in [0.15, 0.2) is 0 Å². The van der Waals surface area contributed by atoms with Gasteiger partial charge in [-0.1, -0.05) is 37.6 Å². The molecule has 0 amide bonds. The summed E-state index contributed by atoms with van der Waals surface area (Å²) in [5.74, 6) is 0. The number of hydrogen-bond donors (Lipinski definition) is 1. The lowest BCUT2D eigenvalue weighted by Crippen LogP contribution is -2.31. The van der Waals surface area contributed by atoms with Crippen LogP contribution in [-0.2, 0) is 6.42 Å². The maximum atomic E-state index is 6.14. The van der Waals surface area contributed by atoms with Crippen LogP contribution in [0.3, 0.4) is 0 Å². The van der Waals surface area contributed by atoms with Crippen molar-refractivity contribution in [2.75, 3.05) is 19.6 Å². The van der Waals surface area contributed by atoms with Crippen LogP contribution in [0.2, 0.25) is 5.02 Å². The van der Waals surface area contributed by atoms with Crippen LogP contribution in [0.25, 0.3) is 0 Å². The molecule has 1 atom stereocenters. The molecule has 2 nitrogen and oxygen atoms in total. The molecule has 0 radical (unpaired) electrons. The highest BCUT2D eigenvalue weighted by Gasteiger charge is 2.07. The zero-order valence-electron chi connectivity index (χ0n) is 10.8. The fraction of sp³-hybridized carbons (Fsp3) is 0.571.